The minimum absolute atomic E-state index is 0.0177. The number of ether oxygens (including phenoxy) is 1. The highest BCUT2D eigenvalue weighted by molar-refractivity contribution is 7.89. The number of sulfonamides is 1. The molecule has 168 valence electrons. The molecule has 1 heterocycles. The Morgan fingerprint density at radius 3 is 2.48 bits per heavy atom. The molecular formula is C21H25ClFN3O4S. The topological polar surface area (TPSA) is 92.9 Å². The van der Waals surface area contributed by atoms with E-state index in [4.69, 9.17) is 21.5 Å². The normalized spacial score (nSPS) is 20.0. The van der Waals surface area contributed by atoms with Crippen molar-refractivity contribution in [1.29, 1.82) is 0 Å². The first kappa shape index (κ1) is 23.5. The van der Waals surface area contributed by atoms with Crippen molar-refractivity contribution in [2.24, 2.45) is 5.14 Å². The van der Waals surface area contributed by atoms with Gasteiger partial charge < -0.3 is 9.64 Å². The molecule has 0 radical (unpaired) electrons. The Balaban J connectivity index is 1.63. The zero-order chi connectivity index (χ0) is 22.8. The molecule has 2 aromatic carbocycles. The minimum atomic E-state index is -4.05. The fraction of sp³-hybridized carbons (Fsp3) is 0.381. The van der Waals surface area contributed by atoms with Gasteiger partial charge in [-0.15, -0.1) is 0 Å². The lowest BCUT2D eigenvalue weighted by Gasteiger charge is -2.44. The van der Waals surface area contributed by atoms with Gasteiger partial charge in [0, 0.05) is 36.7 Å². The second-order valence-electron chi connectivity index (χ2n) is 7.72. The highest BCUT2D eigenvalue weighted by Crippen LogP contribution is 2.27. The Morgan fingerprint density at radius 2 is 1.84 bits per heavy atom. The van der Waals surface area contributed by atoms with Gasteiger partial charge >= 0.3 is 0 Å². The summed E-state index contributed by atoms with van der Waals surface area (Å²) in [5.41, 5.74) is 1.00. The number of piperazine rings is 1. The van der Waals surface area contributed by atoms with E-state index in [1.165, 1.54) is 30.3 Å². The number of hydrogen-bond acceptors (Lipinski definition) is 5. The predicted molar refractivity (Wildman–Crippen MR) is 116 cm³/mol. The van der Waals surface area contributed by atoms with Crippen molar-refractivity contribution < 1.29 is 22.3 Å². The smallest absolute Gasteiger partial charge is 0.260 e. The number of carbonyl (C=O) groups excluding carboxylic acids is 1. The maximum absolute atomic E-state index is 13.1. The van der Waals surface area contributed by atoms with Crippen LogP contribution in [0.3, 0.4) is 0 Å². The molecule has 3 rings (SSSR count). The molecule has 0 saturated carbocycles. The molecular weight excluding hydrogens is 445 g/mol. The number of hydrogen-bond donors (Lipinski definition) is 1. The molecule has 1 amide bonds. The second kappa shape index (κ2) is 9.52. The molecule has 0 spiro atoms. The van der Waals surface area contributed by atoms with Crippen molar-refractivity contribution in [2.45, 2.75) is 37.4 Å². The zero-order valence-corrected chi connectivity index (χ0v) is 18.9. The SMILES string of the molecule is CC1CN(C(=O)COc2ccc(Cl)cc2S(N)(=O)=O)C(C)CN1Cc1ccc(F)cc1. The number of halogens is 2. The van der Waals surface area contributed by atoms with E-state index in [1.807, 2.05) is 13.8 Å². The fourth-order valence-corrected chi connectivity index (χ4v) is 4.57. The molecule has 2 aromatic rings. The summed E-state index contributed by atoms with van der Waals surface area (Å²) in [5, 5.41) is 5.41. The number of rotatable bonds is 6. The largest absolute Gasteiger partial charge is 0.482 e. The number of carbonyl (C=O) groups is 1. The van der Waals surface area contributed by atoms with Crippen molar-refractivity contribution in [1.82, 2.24) is 9.80 Å². The monoisotopic (exact) mass is 469 g/mol. The average Bonchev–Trinajstić information content (AvgIpc) is 2.70. The summed E-state index contributed by atoms with van der Waals surface area (Å²) in [5.74, 6) is -0.543. The van der Waals surface area contributed by atoms with E-state index < -0.39 is 10.0 Å². The fourth-order valence-electron chi connectivity index (χ4n) is 3.64. The standard InChI is InChI=1S/C21H25ClFN3O4S/c1-14-11-26(15(2)10-25(14)12-16-3-6-18(23)7-4-16)21(27)13-30-19-8-5-17(22)9-20(19)31(24,28)29/h3-9,14-15H,10-13H2,1-2H3,(H2,24,28,29). The lowest BCUT2D eigenvalue weighted by Crippen LogP contribution is -2.58. The molecule has 7 nitrogen and oxygen atoms in total. The highest BCUT2D eigenvalue weighted by Gasteiger charge is 2.32. The number of benzene rings is 2. The minimum Gasteiger partial charge on any atom is -0.482 e. The maximum Gasteiger partial charge on any atom is 0.260 e. The average molecular weight is 470 g/mol. The molecule has 2 unspecified atom stereocenters. The first-order chi connectivity index (χ1) is 14.5. The van der Waals surface area contributed by atoms with Crippen LogP contribution < -0.4 is 9.88 Å². The van der Waals surface area contributed by atoms with Gasteiger partial charge in [0.15, 0.2) is 6.61 Å². The van der Waals surface area contributed by atoms with Crippen molar-refractivity contribution in [3.63, 3.8) is 0 Å². The number of nitrogens with two attached hydrogens (primary N) is 1. The molecule has 1 saturated heterocycles. The van der Waals surface area contributed by atoms with Gasteiger partial charge in [0.1, 0.15) is 16.5 Å². The number of primary sulfonamides is 1. The number of nitrogens with zero attached hydrogens (tertiary/aromatic N) is 2. The number of amides is 1. The second-order valence-corrected chi connectivity index (χ2v) is 9.69. The van der Waals surface area contributed by atoms with Crippen molar-refractivity contribution in [3.8, 4) is 5.75 Å². The van der Waals surface area contributed by atoms with E-state index in [0.717, 1.165) is 5.56 Å². The quantitative estimate of drug-likeness (QED) is 0.702. The van der Waals surface area contributed by atoms with Gasteiger partial charge in [0.05, 0.1) is 0 Å². The molecule has 0 aromatic heterocycles. The molecule has 10 heteroatoms. The molecule has 1 fully saturated rings. The maximum atomic E-state index is 13.1. The third kappa shape index (κ3) is 5.94. The van der Waals surface area contributed by atoms with Crippen LogP contribution in [0.2, 0.25) is 5.02 Å². The summed E-state index contributed by atoms with van der Waals surface area (Å²) in [4.78, 5) is 16.5. The summed E-state index contributed by atoms with van der Waals surface area (Å²) in [6.07, 6.45) is 0. The Labute approximate surface area is 186 Å². The van der Waals surface area contributed by atoms with Gasteiger partial charge in [-0.1, -0.05) is 23.7 Å². The summed E-state index contributed by atoms with van der Waals surface area (Å²) in [6.45, 7) is 5.45. The molecule has 0 bridgehead atoms. The van der Waals surface area contributed by atoms with Crippen LogP contribution in [0.25, 0.3) is 0 Å². The Kier molecular flexibility index (Phi) is 7.20. The molecule has 1 aliphatic rings. The van der Waals surface area contributed by atoms with Crippen LogP contribution in [-0.4, -0.2) is 55.9 Å². The Hall–Kier alpha value is -2.20. The van der Waals surface area contributed by atoms with Crippen LogP contribution in [0.1, 0.15) is 19.4 Å². The van der Waals surface area contributed by atoms with Crippen LogP contribution in [0.4, 0.5) is 4.39 Å². The van der Waals surface area contributed by atoms with Crippen LogP contribution in [0.5, 0.6) is 5.75 Å². The lowest BCUT2D eigenvalue weighted by molar-refractivity contribution is -0.139. The first-order valence-corrected chi connectivity index (χ1v) is 11.7. The van der Waals surface area contributed by atoms with Crippen molar-refractivity contribution >= 4 is 27.5 Å². The van der Waals surface area contributed by atoms with Gasteiger partial charge in [-0.2, -0.15) is 0 Å². The summed E-state index contributed by atoms with van der Waals surface area (Å²) < 4.78 is 42.2. The highest BCUT2D eigenvalue weighted by atomic mass is 35.5. The van der Waals surface area contributed by atoms with Crippen LogP contribution >= 0.6 is 11.6 Å². The van der Waals surface area contributed by atoms with Crippen LogP contribution in [-0.2, 0) is 21.4 Å². The third-order valence-electron chi connectivity index (χ3n) is 5.30. The van der Waals surface area contributed by atoms with Gasteiger partial charge in [0.25, 0.3) is 5.91 Å². The van der Waals surface area contributed by atoms with E-state index in [1.54, 1.807) is 17.0 Å². The first-order valence-electron chi connectivity index (χ1n) is 9.77. The summed E-state index contributed by atoms with van der Waals surface area (Å²) in [6, 6.07) is 10.4. The van der Waals surface area contributed by atoms with E-state index >= 15 is 0 Å². The van der Waals surface area contributed by atoms with E-state index in [-0.39, 0.29) is 46.1 Å². The summed E-state index contributed by atoms with van der Waals surface area (Å²) in [7, 11) is -4.05. The third-order valence-corrected chi connectivity index (χ3v) is 6.46. The van der Waals surface area contributed by atoms with Gasteiger partial charge in [0.2, 0.25) is 10.0 Å². The Bertz CT molecular complexity index is 1050. The van der Waals surface area contributed by atoms with Crippen LogP contribution in [0.15, 0.2) is 47.4 Å². The van der Waals surface area contributed by atoms with Gasteiger partial charge in [-0.05, 0) is 49.7 Å². The van der Waals surface area contributed by atoms with E-state index in [0.29, 0.717) is 19.6 Å². The van der Waals surface area contributed by atoms with E-state index in [2.05, 4.69) is 4.90 Å². The Morgan fingerprint density at radius 1 is 1.16 bits per heavy atom. The van der Waals surface area contributed by atoms with Crippen molar-refractivity contribution in [2.75, 3.05) is 19.7 Å². The molecule has 31 heavy (non-hydrogen) atoms. The predicted octanol–water partition coefficient (Wildman–Crippen LogP) is 2.63. The molecule has 1 aliphatic heterocycles. The van der Waals surface area contributed by atoms with Crippen LogP contribution in [0, 0.1) is 5.82 Å². The van der Waals surface area contributed by atoms with E-state index in [9.17, 15) is 17.6 Å². The molecule has 0 aliphatic carbocycles. The zero-order valence-electron chi connectivity index (χ0n) is 17.3. The lowest BCUT2D eigenvalue weighted by atomic mass is 10.1. The molecule has 2 atom stereocenters. The van der Waals surface area contributed by atoms with Gasteiger partial charge in [-0.3, -0.25) is 9.69 Å². The van der Waals surface area contributed by atoms with Gasteiger partial charge in [-0.25, -0.2) is 17.9 Å². The van der Waals surface area contributed by atoms with Crippen molar-refractivity contribution in [3.05, 3.63) is 58.9 Å². The summed E-state index contributed by atoms with van der Waals surface area (Å²) >= 11 is 5.85. The molecule has 2 N–H and O–H groups in total.